The van der Waals surface area contributed by atoms with E-state index in [-0.39, 0.29) is 0 Å². The van der Waals surface area contributed by atoms with Gasteiger partial charge in [0, 0.05) is 19.5 Å². The predicted molar refractivity (Wildman–Crippen MR) is 159 cm³/mol. The van der Waals surface area contributed by atoms with E-state index < -0.39 is 0 Å². The van der Waals surface area contributed by atoms with Crippen molar-refractivity contribution in [3.63, 3.8) is 0 Å². The maximum atomic E-state index is 6.75. The zero-order chi connectivity index (χ0) is 24.2. The number of aryl methyl sites for hydroxylation is 3. The second-order valence-electron chi connectivity index (χ2n) is 9.58. The summed E-state index contributed by atoms with van der Waals surface area (Å²) in [6.45, 7) is 6.86. The van der Waals surface area contributed by atoms with E-state index in [1.807, 2.05) is 22.7 Å². The highest BCUT2D eigenvalue weighted by Gasteiger charge is 2.18. The minimum absolute atomic E-state index is 1.01. The SMILES string of the molecule is CCCCCCc1cc(-c2sc(-c3sccc3CCCCCC)cc2CCCCCC)sc1Cl. The third-order valence-corrected chi connectivity index (χ3v) is 10.6. The molecule has 0 aliphatic carbocycles. The van der Waals surface area contributed by atoms with Crippen molar-refractivity contribution in [2.45, 2.75) is 117 Å². The number of hydrogen-bond donors (Lipinski definition) is 0. The van der Waals surface area contributed by atoms with Crippen molar-refractivity contribution >= 4 is 45.6 Å². The highest BCUT2D eigenvalue weighted by Crippen LogP contribution is 2.46. The Hall–Kier alpha value is -0.610. The molecule has 0 nitrogen and oxygen atoms in total. The fourth-order valence-electron chi connectivity index (χ4n) is 4.60. The molecule has 0 aliphatic rings. The van der Waals surface area contributed by atoms with Crippen LogP contribution in [0.15, 0.2) is 23.6 Å². The molecular formula is C30H43ClS3. The average molecular weight is 535 g/mol. The number of thiophene rings is 3. The van der Waals surface area contributed by atoms with E-state index in [1.54, 1.807) is 16.9 Å². The molecule has 3 aromatic rings. The molecular weight excluding hydrogens is 492 g/mol. The van der Waals surface area contributed by atoms with Crippen LogP contribution < -0.4 is 0 Å². The smallest absolute Gasteiger partial charge is 0.0967 e. The summed E-state index contributed by atoms with van der Waals surface area (Å²) in [5, 5.41) is 2.29. The van der Waals surface area contributed by atoms with Crippen LogP contribution in [0.2, 0.25) is 4.34 Å². The second-order valence-corrected chi connectivity index (χ2v) is 13.2. The van der Waals surface area contributed by atoms with Gasteiger partial charge in [0.2, 0.25) is 0 Å². The van der Waals surface area contributed by atoms with Crippen LogP contribution in [0.1, 0.15) is 115 Å². The molecule has 0 saturated heterocycles. The number of halogens is 1. The van der Waals surface area contributed by atoms with Gasteiger partial charge >= 0.3 is 0 Å². The van der Waals surface area contributed by atoms with Gasteiger partial charge in [0.1, 0.15) is 0 Å². The van der Waals surface area contributed by atoms with Gasteiger partial charge in [0.25, 0.3) is 0 Å². The highest BCUT2D eigenvalue weighted by molar-refractivity contribution is 7.27. The van der Waals surface area contributed by atoms with Gasteiger partial charge in [-0.25, -0.2) is 0 Å². The van der Waals surface area contributed by atoms with Crippen molar-refractivity contribution in [3.8, 4) is 19.5 Å². The van der Waals surface area contributed by atoms with E-state index in [0.29, 0.717) is 0 Å². The van der Waals surface area contributed by atoms with Gasteiger partial charge in [-0.3, -0.25) is 0 Å². The van der Waals surface area contributed by atoms with E-state index in [9.17, 15) is 0 Å². The Labute approximate surface area is 225 Å². The van der Waals surface area contributed by atoms with Crippen molar-refractivity contribution in [3.05, 3.63) is 44.6 Å². The van der Waals surface area contributed by atoms with Gasteiger partial charge in [-0.2, -0.15) is 0 Å². The summed E-state index contributed by atoms with van der Waals surface area (Å²) in [5.74, 6) is 0. The number of rotatable bonds is 17. The minimum atomic E-state index is 1.01. The van der Waals surface area contributed by atoms with Gasteiger partial charge in [-0.1, -0.05) is 90.2 Å². The summed E-state index contributed by atoms with van der Waals surface area (Å²) in [6, 6.07) is 7.29. The van der Waals surface area contributed by atoms with E-state index in [4.69, 9.17) is 11.6 Å². The molecule has 0 fully saturated rings. The van der Waals surface area contributed by atoms with Crippen LogP contribution in [-0.4, -0.2) is 0 Å². The standard InChI is InChI=1S/C30H43ClS3/c1-4-7-10-13-16-23-19-20-32-28(23)26-21-24(17-14-11-8-5-2)29(33-26)27-22-25(30(31)34-27)18-15-12-9-6-3/h19-22H,4-18H2,1-3H3. The Morgan fingerprint density at radius 2 is 1.12 bits per heavy atom. The van der Waals surface area contributed by atoms with Crippen molar-refractivity contribution in [2.75, 3.05) is 0 Å². The van der Waals surface area contributed by atoms with Gasteiger partial charge in [0.05, 0.1) is 4.34 Å². The van der Waals surface area contributed by atoms with Gasteiger partial charge in [-0.05, 0) is 78.8 Å². The summed E-state index contributed by atoms with van der Waals surface area (Å²) in [5.41, 5.74) is 4.45. The van der Waals surface area contributed by atoms with Crippen LogP contribution in [-0.2, 0) is 19.3 Å². The normalized spacial score (nSPS) is 11.5. The third kappa shape index (κ3) is 8.22. The quantitative estimate of drug-likeness (QED) is 0.151. The van der Waals surface area contributed by atoms with Crippen molar-refractivity contribution in [1.29, 1.82) is 0 Å². The Morgan fingerprint density at radius 3 is 1.74 bits per heavy atom. The Bertz CT molecular complexity index is 962. The van der Waals surface area contributed by atoms with Crippen LogP contribution >= 0.6 is 45.6 Å². The van der Waals surface area contributed by atoms with E-state index >= 15 is 0 Å². The second kappa shape index (κ2) is 15.5. The average Bonchev–Trinajstić information content (AvgIpc) is 3.56. The van der Waals surface area contributed by atoms with Crippen LogP contribution in [0, 0.1) is 0 Å². The predicted octanol–water partition coefficient (Wildman–Crippen LogP) is 12.2. The lowest BCUT2D eigenvalue weighted by molar-refractivity contribution is 0.667. The highest BCUT2D eigenvalue weighted by atomic mass is 35.5. The first kappa shape index (κ1) is 28.0. The summed E-state index contributed by atoms with van der Waals surface area (Å²) < 4.78 is 1.01. The molecule has 0 unspecified atom stereocenters. The zero-order valence-corrected chi connectivity index (χ0v) is 24.7. The molecule has 0 radical (unpaired) electrons. The molecule has 0 aliphatic heterocycles. The van der Waals surface area contributed by atoms with Crippen molar-refractivity contribution < 1.29 is 0 Å². The summed E-state index contributed by atoms with van der Waals surface area (Å²) >= 11 is 12.5. The molecule has 0 N–H and O–H groups in total. The maximum absolute atomic E-state index is 6.75. The molecule has 188 valence electrons. The summed E-state index contributed by atoms with van der Waals surface area (Å²) in [4.78, 5) is 5.84. The van der Waals surface area contributed by atoms with Gasteiger partial charge < -0.3 is 0 Å². The molecule has 0 bridgehead atoms. The largest absolute Gasteiger partial charge is 0.143 e. The van der Waals surface area contributed by atoms with E-state index in [1.165, 1.54) is 121 Å². The lowest BCUT2D eigenvalue weighted by Gasteiger charge is -2.02. The van der Waals surface area contributed by atoms with Gasteiger partial charge in [-0.15, -0.1) is 34.0 Å². The first-order valence-electron chi connectivity index (χ1n) is 13.7. The maximum Gasteiger partial charge on any atom is 0.0967 e. The topological polar surface area (TPSA) is 0 Å². The molecule has 3 heterocycles. The molecule has 0 atom stereocenters. The Kier molecular flexibility index (Phi) is 12.7. The molecule has 4 heteroatoms. The van der Waals surface area contributed by atoms with Crippen LogP contribution in [0.5, 0.6) is 0 Å². The third-order valence-electron chi connectivity index (χ3n) is 6.66. The zero-order valence-electron chi connectivity index (χ0n) is 21.5. The molecule has 0 aromatic carbocycles. The lowest BCUT2D eigenvalue weighted by atomic mass is 10.0. The van der Waals surface area contributed by atoms with Crippen molar-refractivity contribution in [2.24, 2.45) is 0 Å². The molecule has 0 amide bonds. The fraction of sp³-hybridized carbons (Fsp3) is 0.600. The van der Waals surface area contributed by atoms with E-state index in [0.717, 1.165) is 10.8 Å². The molecule has 34 heavy (non-hydrogen) atoms. The van der Waals surface area contributed by atoms with Crippen LogP contribution in [0.4, 0.5) is 0 Å². The number of unbranched alkanes of at least 4 members (excludes halogenated alkanes) is 9. The monoisotopic (exact) mass is 534 g/mol. The fourth-order valence-corrected chi connectivity index (χ4v) is 8.39. The molecule has 3 aromatic heterocycles. The van der Waals surface area contributed by atoms with Crippen LogP contribution in [0.3, 0.4) is 0 Å². The van der Waals surface area contributed by atoms with Crippen LogP contribution in [0.25, 0.3) is 19.5 Å². The Morgan fingerprint density at radius 1 is 0.588 bits per heavy atom. The number of hydrogen-bond acceptors (Lipinski definition) is 3. The molecule has 0 spiro atoms. The molecule has 0 saturated carbocycles. The minimum Gasteiger partial charge on any atom is -0.143 e. The van der Waals surface area contributed by atoms with Gasteiger partial charge in [0.15, 0.2) is 0 Å². The summed E-state index contributed by atoms with van der Waals surface area (Å²) in [6.07, 6.45) is 19.2. The van der Waals surface area contributed by atoms with E-state index in [2.05, 4.69) is 44.4 Å². The summed E-state index contributed by atoms with van der Waals surface area (Å²) in [7, 11) is 0. The lowest BCUT2D eigenvalue weighted by Crippen LogP contribution is -1.86. The Balaban J connectivity index is 1.82. The first-order valence-corrected chi connectivity index (χ1v) is 16.5. The first-order chi connectivity index (χ1) is 16.7. The molecule has 3 rings (SSSR count). The van der Waals surface area contributed by atoms with Crippen molar-refractivity contribution in [1.82, 2.24) is 0 Å².